The molecule has 2 rings (SSSR count). The Hall–Kier alpha value is -1.60. The molecule has 0 aliphatic carbocycles. The normalized spacial score (nSPS) is 21.0. The van der Waals surface area contributed by atoms with E-state index in [0.29, 0.717) is 5.69 Å². The molecule has 21 heavy (non-hydrogen) atoms. The van der Waals surface area contributed by atoms with Gasteiger partial charge in [-0.25, -0.2) is 4.79 Å². The fourth-order valence-corrected chi connectivity index (χ4v) is 2.65. The van der Waals surface area contributed by atoms with Crippen molar-refractivity contribution in [3.63, 3.8) is 0 Å². The van der Waals surface area contributed by atoms with E-state index < -0.39 is 24.0 Å². The van der Waals surface area contributed by atoms with E-state index in [4.69, 9.17) is 9.84 Å². The number of carboxylic acid groups (broad SMARTS) is 1. The van der Waals surface area contributed by atoms with Crippen molar-refractivity contribution in [1.29, 1.82) is 0 Å². The maximum absolute atomic E-state index is 12.0. The lowest BCUT2D eigenvalue weighted by Gasteiger charge is -2.17. The molecule has 0 spiro atoms. The van der Waals surface area contributed by atoms with Gasteiger partial charge in [0.1, 0.15) is 5.92 Å². The summed E-state index contributed by atoms with van der Waals surface area (Å²) in [7, 11) is 0. The average molecular weight is 357 g/mol. The number of halogens is 1. The van der Waals surface area contributed by atoms with Crippen LogP contribution in [0.1, 0.15) is 12.5 Å². The van der Waals surface area contributed by atoms with Crippen molar-refractivity contribution in [1.82, 2.24) is 5.32 Å². The lowest BCUT2D eigenvalue weighted by atomic mass is 10.0. The number of amides is 2. The lowest BCUT2D eigenvalue weighted by molar-refractivity contribution is -0.142. The summed E-state index contributed by atoms with van der Waals surface area (Å²) in [6.45, 7) is 2.33. The third-order valence-electron chi connectivity index (χ3n) is 3.41. The minimum absolute atomic E-state index is 0.124. The van der Waals surface area contributed by atoms with Gasteiger partial charge < -0.3 is 20.5 Å². The van der Waals surface area contributed by atoms with Crippen molar-refractivity contribution in [2.24, 2.45) is 5.92 Å². The third kappa shape index (κ3) is 3.95. The summed E-state index contributed by atoms with van der Waals surface area (Å²) in [4.78, 5) is 23.0. The first-order valence-electron chi connectivity index (χ1n) is 6.67. The van der Waals surface area contributed by atoms with Crippen LogP contribution in [0, 0.1) is 5.92 Å². The van der Waals surface area contributed by atoms with Crippen LogP contribution in [-0.4, -0.2) is 36.4 Å². The standard InChI is InChI=1S/C14H17BrN2O4/c1-2-8-5-9(15)3-4-11(8)16-14(20)17-12-7-21-6-10(12)13(18)19/h3-5,10,12H,2,6-7H2,1H3,(H,18,19)(H2,16,17,20). The predicted octanol–water partition coefficient (Wildman–Crippen LogP) is 2.23. The number of carboxylic acids is 1. The molecule has 1 aromatic rings. The van der Waals surface area contributed by atoms with Crippen LogP contribution >= 0.6 is 15.9 Å². The first kappa shape index (κ1) is 15.8. The van der Waals surface area contributed by atoms with E-state index in [0.717, 1.165) is 16.5 Å². The van der Waals surface area contributed by atoms with Crippen LogP contribution in [0.2, 0.25) is 0 Å². The summed E-state index contributed by atoms with van der Waals surface area (Å²) in [6.07, 6.45) is 0.777. The highest BCUT2D eigenvalue weighted by atomic mass is 79.9. The molecular weight excluding hydrogens is 340 g/mol. The monoisotopic (exact) mass is 356 g/mol. The number of nitrogens with one attached hydrogen (secondary N) is 2. The number of carbonyl (C=O) groups is 2. The number of anilines is 1. The number of carbonyl (C=O) groups excluding carboxylic acids is 1. The maximum atomic E-state index is 12.0. The Labute approximate surface area is 131 Å². The van der Waals surface area contributed by atoms with Crippen LogP contribution in [0.4, 0.5) is 10.5 Å². The molecule has 1 aliphatic rings. The van der Waals surface area contributed by atoms with Crippen molar-refractivity contribution in [2.45, 2.75) is 19.4 Å². The number of benzene rings is 1. The van der Waals surface area contributed by atoms with Crippen LogP contribution in [0.15, 0.2) is 22.7 Å². The Balaban J connectivity index is 2.00. The second-order valence-electron chi connectivity index (χ2n) is 4.84. The van der Waals surface area contributed by atoms with Gasteiger partial charge in [0.25, 0.3) is 0 Å². The van der Waals surface area contributed by atoms with E-state index in [1.165, 1.54) is 0 Å². The van der Waals surface area contributed by atoms with E-state index in [1.807, 2.05) is 25.1 Å². The van der Waals surface area contributed by atoms with Gasteiger partial charge in [0, 0.05) is 10.2 Å². The van der Waals surface area contributed by atoms with Gasteiger partial charge >= 0.3 is 12.0 Å². The lowest BCUT2D eigenvalue weighted by Crippen LogP contribution is -2.44. The van der Waals surface area contributed by atoms with Crippen molar-refractivity contribution in [3.05, 3.63) is 28.2 Å². The third-order valence-corrected chi connectivity index (χ3v) is 3.90. The van der Waals surface area contributed by atoms with Crippen LogP contribution in [0.3, 0.4) is 0 Å². The summed E-state index contributed by atoms with van der Waals surface area (Å²) in [5.41, 5.74) is 1.71. The number of hydrogen-bond acceptors (Lipinski definition) is 3. The van der Waals surface area contributed by atoms with Gasteiger partial charge in [0.15, 0.2) is 0 Å². The molecule has 1 fully saturated rings. The average Bonchev–Trinajstić information content (AvgIpc) is 2.89. The highest BCUT2D eigenvalue weighted by molar-refractivity contribution is 9.10. The van der Waals surface area contributed by atoms with E-state index in [9.17, 15) is 9.59 Å². The molecule has 2 unspecified atom stereocenters. The quantitative estimate of drug-likeness (QED) is 0.771. The Morgan fingerprint density at radius 2 is 2.19 bits per heavy atom. The molecule has 3 N–H and O–H groups in total. The van der Waals surface area contributed by atoms with Crippen molar-refractivity contribution >= 4 is 33.6 Å². The van der Waals surface area contributed by atoms with Crippen LogP contribution in [0.25, 0.3) is 0 Å². The number of ether oxygens (including phenoxy) is 1. The molecule has 6 nitrogen and oxygen atoms in total. The van der Waals surface area contributed by atoms with E-state index >= 15 is 0 Å². The molecule has 1 heterocycles. The predicted molar refractivity (Wildman–Crippen MR) is 81.4 cm³/mol. The van der Waals surface area contributed by atoms with Gasteiger partial charge in [0.05, 0.1) is 19.3 Å². The Morgan fingerprint density at radius 3 is 2.86 bits per heavy atom. The molecule has 1 aromatic carbocycles. The second kappa shape index (κ2) is 6.91. The number of aryl methyl sites for hydroxylation is 1. The molecule has 0 aromatic heterocycles. The van der Waals surface area contributed by atoms with E-state index in [1.54, 1.807) is 0 Å². The molecular formula is C14H17BrN2O4. The molecule has 114 valence electrons. The topological polar surface area (TPSA) is 87.7 Å². The Morgan fingerprint density at radius 1 is 1.43 bits per heavy atom. The smallest absolute Gasteiger partial charge is 0.319 e. The number of hydrogen-bond donors (Lipinski definition) is 3. The number of urea groups is 1. The van der Waals surface area contributed by atoms with Crippen molar-refractivity contribution in [3.8, 4) is 0 Å². The van der Waals surface area contributed by atoms with E-state index in [2.05, 4.69) is 26.6 Å². The van der Waals surface area contributed by atoms with Gasteiger partial charge in [-0.15, -0.1) is 0 Å². The van der Waals surface area contributed by atoms with E-state index in [-0.39, 0.29) is 13.2 Å². The van der Waals surface area contributed by atoms with Crippen molar-refractivity contribution < 1.29 is 19.4 Å². The van der Waals surface area contributed by atoms with Gasteiger partial charge in [0.2, 0.25) is 0 Å². The zero-order chi connectivity index (χ0) is 15.4. The van der Waals surface area contributed by atoms with Crippen LogP contribution in [0.5, 0.6) is 0 Å². The molecule has 7 heteroatoms. The fraction of sp³-hybridized carbons (Fsp3) is 0.429. The summed E-state index contributed by atoms with van der Waals surface area (Å²) in [5.74, 6) is -1.66. The minimum Gasteiger partial charge on any atom is -0.481 e. The maximum Gasteiger partial charge on any atom is 0.319 e. The molecule has 1 saturated heterocycles. The zero-order valence-corrected chi connectivity index (χ0v) is 13.1. The Bertz CT molecular complexity index is 550. The first-order chi connectivity index (χ1) is 10.0. The highest BCUT2D eigenvalue weighted by Crippen LogP contribution is 2.22. The van der Waals surface area contributed by atoms with Gasteiger partial charge in [-0.1, -0.05) is 22.9 Å². The van der Waals surface area contributed by atoms with Crippen molar-refractivity contribution in [2.75, 3.05) is 18.5 Å². The number of rotatable bonds is 4. The SMILES string of the molecule is CCc1cc(Br)ccc1NC(=O)NC1COCC1C(=O)O. The second-order valence-corrected chi connectivity index (χ2v) is 5.76. The van der Waals surface area contributed by atoms with Crippen LogP contribution < -0.4 is 10.6 Å². The summed E-state index contributed by atoms with van der Waals surface area (Å²) >= 11 is 3.39. The molecule has 0 radical (unpaired) electrons. The number of aliphatic carboxylic acids is 1. The zero-order valence-electron chi connectivity index (χ0n) is 11.6. The molecule has 0 bridgehead atoms. The summed E-state index contributed by atoms with van der Waals surface area (Å²) in [6, 6.07) is 4.65. The summed E-state index contributed by atoms with van der Waals surface area (Å²) < 4.78 is 6.06. The Kier molecular flexibility index (Phi) is 5.19. The van der Waals surface area contributed by atoms with Gasteiger partial charge in [-0.05, 0) is 30.2 Å². The largest absolute Gasteiger partial charge is 0.481 e. The minimum atomic E-state index is -0.962. The highest BCUT2D eigenvalue weighted by Gasteiger charge is 2.35. The van der Waals surface area contributed by atoms with Gasteiger partial charge in [-0.2, -0.15) is 0 Å². The fourth-order valence-electron chi connectivity index (χ4n) is 2.24. The van der Waals surface area contributed by atoms with Crippen LogP contribution in [-0.2, 0) is 16.0 Å². The molecule has 2 atom stereocenters. The summed E-state index contributed by atoms with van der Waals surface area (Å²) in [5, 5.41) is 14.5. The van der Waals surface area contributed by atoms with Gasteiger partial charge in [-0.3, -0.25) is 4.79 Å². The molecule has 1 aliphatic heterocycles. The molecule has 0 saturated carbocycles. The first-order valence-corrected chi connectivity index (χ1v) is 7.47. The molecule has 2 amide bonds.